The Labute approximate surface area is 117 Å². The molecule has 0 saturated heterocycles. The van der Waals surface area contributed by atoms with Gasteiger partial charge in [-0.15, -0.1) is 11.6 Å². The van der Waals surface area contributed by atoms with E-state index in [1.807, 2.05) is 13.8 Å². The summed E-state index contributed by atoms with van der Waals surface area (Å²) in [6.45, 7) is 5.94. The highest BCUT2D eigenvalue weighted by Crippen LogP contribution is 2.19. The molecule has 0 fully saturated rings. The van der Waals surface area contributed by atoms with Crippen molar-refractivity contribution in [1.82, 2.24) is 5.32 Å². The molecule has 1 unspecified atom stereocenters. The molecule has 0 radical (unpaired) electrons. The summed E-state index contributed by atoms with van der Waals surface area (Å²) in [5, 5.41) is 13.3. The first-order valence-corrected chi connectivity index (χ1v) is 6.44. The number of carbonyl (C=O) groups is 1. The van der Waals surface area contributed by atoms with Crippen molar-refractivity contribution in [1.29, 1.82) is 0 Å². The first kappa shape index (κ1) is 15.4. The first-order valence-electron chi connectivity index (χ1n) is 6.00. The summed E-state index contributed by atoms with van der Waals surface area (Å²) in [4.78, 5) is 22.3. The molecule has 1 N–H and O–H groups in total. The average Bonchev–Trinajstić information content (AvgIpc) is 2.34. The van der Waals surface area contributed by atoms with Crippen molar-refractivity contribution in [2.75, 3.05) is 6.54 Å². The SMILES string of the molecule is Cc1ccc([N+](=O)[O-])c(C(=O)NCC(Cl)C(C)C)c1. The molecule has 1 rings (SSSR count). The van der Waals surface area contributed by atoms with Gasteiger partial charge in [-0.2, -0.15) is 0 Å². The molecule has 0 aliphatic heterocycles. The van der Waals surface area contributed by atoms with Crippen LogP contribution in [-0.2, 0) is 0 Å². The molecule has 1 aromatic carbocycles. The predicted molar refractivity (Wildman–Crippen MR) is 74.6 cm³/mol. The van der Waals surface area contributed by atoms with Crippen molar-refractivity contribution >= 4 is 23.2 Å². The molecule has 6 heteroatoms. The third kappa shape index (κ3) is 4.21. The van der Waals surface area contributed by atoms with E-state index >= 15 is 0 Å². The van der Waals surface area contributed by atoms with Gasteiger partial charge >= 0.3 is 0 Å². The van der Waals surface area contributed by atoms with Crippen molar-refractivity contribution in [3.05, 3.63) is 39.4 Å². The highest BCUT2D eigenvalue weighted by atomic mass is 35.5. The molecule has 0 heterocycles. The Morgan fingerprint density at radius 3 is 2.63 bits per heavy atom. The third-order valence-electron chi connectivity index (χ3n) is 2.77. The molecule has 0 aliphatic carbocycles. The van der Waals surface area contributed by atoms with Crippen molar-refractivity contribution in [2.45, 2.75) is 26.1 Å². The standard InChI is InChI=1S/C13H17ClN2O3/c1-8(2)11(14)7-15-13(17)10-6-9(3)4-5-12(10)16(18)19/h4-6,8,11H,7H2,1-3H3,(H,15,17). The number of aryl methyl sites for hydroxylation is 1. The van der Waals surface area contributed by atoms with Crippen LogP contribution in [0.15, 0.2) is 18.2 Å². The van der Waals surface area contributed by atoms with E-state index in [1.54, 1.807) is 13.0 Å². The Hall–Kier alpha value is -1.62. The van der Waals surface area contributed by atoms with Crippen molar-refractivity contribution < 1.29 is 9.72 Å². The fourth-order valence-corrected chi connectivity index (χ4v) is 1.59. The van der Waals surface area contributed by atoms with E-state index in [-0.39, 0.29) is 29.1 Å². The number of halogens is 1. The van der Waals surface area contributed by atoms with Crippen LogP contribution in [0.1, 0.15) is 29.8 Å². The van der Waals surface area contributed by atoms with Gasteiger partial charge in [0, 0.05) is 12.6 Å². The van der Waals surface area contributed by atoms with Gasteiger partial charge in [0.25, 0.3) is 11.6 Å². The molecular formula is C13H17ClN2O3. The Bertz CT molecular complexity index is 489. The van der Waals surface area contributed by atoms with Crippen molar-refractivity contribution in [2.24, 2.45) is 5.92 Å². The number of amides is 1. The maximum absolute atomic E-state index is 12.0. The molecule has 1 aromatic rings. The first-order chi connectivity index (χ1) is 8.82. The van der Waals surface area contributed by atoms with Gasteiger partial charge in [-0.25, -0.2) is 0 Å². The minimum absolute atomic E-state index is 0.0672. The number of hydrogen-bond acceptors (Lipinski definition) is 3. The van der Waals surface area contributed by atoms with Crippen LogP contribution in [0, 0.1) is 23.0 Å². The predicted octanol–water partition coefficient (Wildman–Crippen LogP) is 2.90. The highest BCUT2D eigenvalue weighted by Gasteiger charge is 2.21. The average molecular weight is 285 g/mol. The molecule has 1 atom stereocenters. The molecule has 0 bridgehead atoms. The van der Waals surface area contributed by atoms with Gasteiger partial charge < -0.3 is 5.32 Å². The fourth-order valence-electron chi connectivity index (χ4n) is 1.51. The number of hydrogen-bond donors (Lipinski definition) is 1. The quantitative estimate of drug-likeness (QED) is 0.513. The Morgan fingerprint density at radius 2 is 2.11 bits per heavy atom. The number of carbonyl (C=O) groups excluding carboxylic acids is 1. The van der Waals surface area contributed by atoms with Gasteiger partial charge in [-0.3, -0.25) is 14.9 Å². The topological polar surface area (TPSA) is 72.2 Å². The van der Waals surface area contributed by atoms with Gasteiger partial charge in [-0.1, -0.05) is 19.9 Å². The maximum Gasteiger partial charge on any atom is 0.282 e. The number of benzene rings is 1. The number of nitrogens with one attached hydrogen (secondary N) is 1. The monoisotopic (exact) mass is 284 g/mol. The second kappa shape index (κ2) is 6.52. The fraction of sp³-hybridized carbons (Fsp3) is 0.462. The lowest BCUT2D eigenvalue weighted by Crippen LogP contribution is -2.32. The maximum atomic E-state index is 12.0. The minimum Gasteiger partial charge on any atom is -0.350 e. The largest absolute Gasteiger partial charge is 0.350 e. The summed E-state index contributed by atoms with van der Waals surface area (Å²) in [6, 6.07) is 4.45. The lowest BCUT2D eigenvalue weighted by Gasteiger charge is -2.14. The highest BCUT2D eigenvalue weighted by molar-refractivity contribution is 6.21. The van der Waals surface area contributed by atoms with E-state index in [2.05, 4.69) is 5.32 Å². The smallest absolute Gasteiger partial charge is 0.282 e. The van der Waals surface area contributed by atoms with E-state index in [9.17, 15) is 14.9 Å². The van der Waals surface area contributed by atoms with Crippen LogP contribution < -0.4 is 5.32 Å². The molecule has 1 amide bonds. The van der Waals surface area contributed by atoms with Gasteiger partial charge in [0.1, 0.15) is 5.56 Å². The summed E-state index contributed by atoms with van der Waals surface area (Å²) >= 11 is 6.03. The van der Waals surface area contributed by atoms with Crippen molar-refractivity contribution in [3.63, 3.8) is 0 Å². The molecule has 0 aliphatic rings. The second-order valence-corrected chi connectivity index (χ2v) is 5.31. The molecular weight excluding hydrogens is 268 g/mol. The number of nitro benzene ring substituents is 1. The summed E-state index contributed by atoms with van der Waals surface area (Å²) in [6.07, 6.45) is 0. The molecule has 104 valence electrons. The Morgan fingerprint density at radius 1 is 1.47 bits per heavy atom. The number of alkyl halides is 1. The molecule has 0 saturated carbocycles. The van der Waals surface area contributed by atoms with E-state index in [4.69, 9.17) is 11.6 Å². The van der Waals surface area contributed by atoms with E-state index < -0.39 is 10.8 Å². The van der Waals surface area contributed by atoms with Crippen LogP contribution in [0.5, 0.6) is 0 Å². The Kier molecular flexibility index (Phi) is 5.30. The number of nitrogens with zero attached hydrogens (tertiary/aromatic N) is 1. The zero-order chi connectivity index (χ0) is 14.6. The molecule has 5 nitrogen and oxygen atoms in total. The van der Waals surface area contributed by atoms with Crippen LogP contribution in [0.2, 0.25) is 0 Å². The zero-order valence-corrected chi connectivity index (χ0v) is 11.9. The van der Waals surface area contributed by atoms with Crippen LogP contribution in [0.4, 0.5) is 5.69 Å². The van der Waals surface area contributed by atoms with Gasteiger partial charge in [0.15, 0.2) is 0 Å². The molecule has 19 heavy (non-hydrogen) atoms. The van der Waals surface area contributed by atoms with Crippen molar-refractivity contribution in [3.8, 4) is 0 Å². The summed E-state index contributed by atoms with van der Waals surface area (Å²) in [5.74, 6) is -0.254. The van der Waals surface area contributed by atoms with Crippen LogP contribution in [0.25, 0.3) is 0 Å². The Balaban J connectivity index is 2.87. The normalized spacial score (nSPS) is 12.3. The van der Waals surface area contributed by atoms with Gasteiger partial charge in [0.2, 0.25) is 0 Å². The summed E-state index contributed by atoms with van der Waals surface area (Å²) < 4.78 is 0. The third-order valence-corrected chi connectivity index (χ3v) is 3.43. The number of rotatable bonds is 5. The van der Waals surface area contributed by atoms with E-state index in [0.717, 1.165) is 5.56 Å². The lowest BCUT2D eigenvalue weighted by molar-refractivity contribution is -0.385. The molecule has 0 aromatic heterocycles. The molecule has 0 spiro atoms. The van der Waals surface area contributed by atoms with E-state index in [0.29, 0.717) is 0 Å². The van der Waals surface area contributed by atoms with Crippen LogP contribution >= 0.6 is 11.6 Å². The zero-order valence-electron chi connectivity index (χ0n) is 11.1. The van der Waals surface area contributed by atoms with Crippen LogP contribution in [0.3, 0.4) is 0 Å². The number of nitro groups is 1. The van der Waals surface area contributed by atoms with Gasteiger partial charge in [0.05, 0.1) is 10.3 Å². The van der Waals surface area contributed by atoms with Crippen LogP contribution in [-0.4, -0.2) is 22.8 Å². The van der Waals surface area contributed by atoms with E-state index in [1.165, 1.54) is 12.1 Å². The summed E-state index contributed by atoms with van der Waals surface area (Å²) in [7, 11) is 0. The second-order valence-electron chi connectivity index (χ2n) is 4.75. The minimum atomic E-state index is -0.561. The lowest BCUT2D eigenvalue weighted by atomic mass is 10.1. The summed E-state index contributed by atoms with van der Waals surface area (Å²) in [5.41, 5.74) is 0.665. The van der Waals surface area contributed by atoms with Gasteiger partial charge in [-0.05, 0) is 24.5 Å².